The molecule has 0 saturated carbocycles. The summed E-state index contributed by atoms with van der Waals surface area (Å²) in [5.74, 6) is -0.0807. The van der Waals surface area contributed by atoms with E-state index in [9.17, 15) is 4.79 Å². The summed E-state index contributed by atoms with van der Waals surface area (Å²) in [6.07, 6.45) is 0.792. The Hall–Kier alpha value is -0.390. The second-order valence-electron chi connectivity index (χ2n) is 3.02. The molecule has 1 aromatic carbocycles. The lowest BCUT2D eigenvalue weighted by atomic mass is 10.2. The Morgan fingerprint density at radius 1 is 1.40 bits per heavy atom. The molecule has 1 rings (SSSR count). The number of hydrogen-bond acceptors (Lipinski definition) is 2. The van der Waals surface area contributed by atoms with Crippen molar-refractivity contribution in [2.45, 2.75) is 6.42 Å². The summed E-state index contributed by atoms with van der Waals surface area (Å²) in [6.45, 7) is 1.19. The molecule has 0 radical (unpaired) electrons. The number of halogens is 2. The fourth-order valence-corrected chi connectivity index (χ4v) is 2.30. The van der Waals surface area contributed by atoms with Crippen LogP contribution in [-0.4, -0.2) is 19.0 Å². The molecule has 82 valence electrons. The average molecular weight is 336 g/mol. The van der Waals surface area contributed by atoms with Gasteiger partial charge in [0.15, 0.2) is 0 Å². The van der Waals surface area contributed by atoms with Crippen molar-refractivity contribution in [2.75, 3.05) is 13.1 Å². The van der Waals surface area contributed by atoms with E-state index in [0.29, 0.717) is 18.7 Å². The van der Waals surface area contributed by atoms with Gasteiger partial charge >= 0.3 is 0 Å². The maximum absolute atomic E-state index is 11.7. The van der Waals surface area contributed by atoms with E-state index in [1.807, 2.05) is 12.1 Å². The first-order valence-electron chi connectivity index (χ1n) is 4.58. The standard InChI is InChI=1S/C10H12Br2N2O/c11-7-2-3-8(9(12)6-7)10(15)14-5-1-4-13/h2-3,6H,1,4-5,13H2,(H,14,15). The topological polar surface area (TPSA) is 55.1 Å². The maximum Gasteiger partial charge on any atom is 0.252 e. The summed E-state index contributed by atoms with van der Waals surface area (Å²) in [5, 5.41) is 2.80. The molecule has 1 aromatic rings. The molecule has 0 fully saturated rings. The van der Waals surface area contributed by atoms with Gasteiger partial charge in [-0.25, -0.2) is 0 Å². The van der Waals surface area contributed by atoms with Gasteiger partial charge in [-0.05, 0) is 47.1 Å². The Morgan fingerprint density at radius 2 is 2.13 bits per heavy atom. The molecule has 0 bridgehead atoms. The number of amides is 1. The maximum atomic E-state index is 11.7. The first kappa shape index (κ1) is 12.7. The number of hydrogen-bond donors (Lipinski definition) is 2. The Labute approximate surface area is 106 Å². The van der Waals surface area contributed by atoms with Crippen LogP contribution in [-0.2, 0) is 0 Å². The molecule has 0 atom stereocenters. The highest BCUT2D eigenvalue weighted by atomic mass is 79.9. The molecule has 15 heavy (non-hydrogen) atoms. The molecule has 3 nitrogen and oxygen atoms in total. The van der Waals surface area contributed by atoms with Crippen molar-refractivity contribution in [1.29, 1.82) is 0 Å². The molecule has 0 heterocycles. The van der Waals surface area contributed by atoms with E-state index < -0.39 is 0 Å². The van der Waals surface area contributed by atoms with Crippen molar-refractivity contribution in [3.8, 4) is 0 Å². The van der Waals surface area contributed by atoms with E-state index in [1.165, 1.54) is 0 Å². The molecule has 0 unspecified atom stereocenters. The lowest BCUT2D eigenvalue weighted by Gasteiger charge is -2.06. The summed E-state index contributed by atoms with van der Waals surface area (Å²) in [6, 6.07) is 5.45. The van der Waals surface area contributed by atoms with Gasteiger partial charge in [0.2, 0.25) is 0 Å². The third-order valence-electron chi connectivity index (χ3n) is 1.84. The Morgan fingerprint density at radius 3 is 2.73 bits per heavy atom. The number of nitrogens with one attached hydrogen (secondary N) is 1. The number of carbonyl (C=O) groups is 1. The highest BCUT2D eigenvalue weighted by Gasteiger charge is 2.08. The van der Waals surface area contributed by atoms with Gasteiger partial charge in [-0.3, -0.25) is 4.79 Å². The SMILES string of the molecule is NCCCNC(=O)c1ccc(Br)cc1Br. The van der Waals surface area contributed by atoms with Gasteiger partial charge in [0, 0.05) is 15.5 Å². The van der Waals surface area contributed by atoms with Crippen LogP contribution in [0.4, 0.5) is 0 Å². The van der Waals surface area contributed by atoms with E-state index in [0.717, 1.165) is 15.4 Å². The predicted molar refractivity (Wildman–Crippen MR) is 67.8 cm³/mol. The molecule has 0 saturated heterocycles. The van der Waals surface area contributed by atoms with E-state index in [4.69, 9.17) is 5.73 Å². The molecule has 0 aliphatic heterocycles. The second kappa shape index (κ2) is 6.25. The lowest BCUT2D eigenvalue weighted by molar-refractivity contribution is 0.0952. The third-order valence-corrected chi connectivity index (χ3v) is 2.99. The van der Waals surface area contributed by atoms with Crippen molar-refractivity contribution in [1.82, 2.24) is 5.32 Å². The van der Waals surface area contributed by atoms with Crippen LogP contribution in [0.25, 0.3) is 0 Å². The molecule has 0 aromatic heterocycles. The van der Waals surface area contributed by atoms with Gasteiger partial charge in [-0.2, -0.15) is 0 Å². The normalized spacial score (nSPS) is 10.1. The molecule has 3 N–H and O–H groups in total. The molecule has 0 spiro atoms. The molecule has 1 amide bonds. The molecule has 0 aliphatic carbocycles. The summed E-state index contributed by atoms with van der Waals surface area (Å²) in [7, 11) is 0. The summed E-state index contributed by atoms with van der Waals surface area (Å²) in [4.78, 5) is 11.7. The summed E-state index contributed by atoms with van der Waals surface area (Å²) >= 11 is 6.67. The zero-order valence-corrected chi connectivity index (χ0v) is 11.3. The van der Waals surface area contributed by atoms with Crippen LogP contribution in [0, 0.1) is 0 Å². The molecular weight excluding hydrogens is 324 g/mol. The quantitative estimate of drug-likeness (QED) is 0.829. The highest BCUT2D eigenvalue weighted by Crippen LogP contribution is 2.21. The zero-order chi connectivity index (χ0) is 11.3. The predicted octanol–water partition coefficient (Wildman–Crippen LogP) is 2.29. The number of nitrogens with two attached hydrogens (primary N) is 1. The van der Waals surface area contributed by atoms with Crippen molar-refractivity contribution >= 4 is 37.8 Å². The second-order valence-corrected chi connectivity index (χ2v) is 4.79. The minimum Gasteiger partial charge on any atom is -0.352 e. The van der Waals surface area contributed by atoms with E-state index in [-0.39, 0.29) is 5.91 Å². The van der Waals surface area contributed by atoms with Crippen molar-refractivity contribution < 1.29 is 4.79 Å². The van der Waals surface area contributed by atoms with E-state index in [1.54, 1.807) is 6.07 Å². The Bertz CT molecular complexity index is 355. The monoisotopic (exact) mass is 334 g/mol. The summed E-state index contributed by atoms with van der Waals surface area (Å²) in [5.41, 5.74) is 5.97. The van der Waals surface area contributed by atoms with Gasteiger partial charge in [-0.1, -0.05) is 15.9 Å². The Balaban J connectivity index is 2.65. The van der Waals surface area contributed by atoms with Crippen LogP contribution in [0.5, 0.6) is 0 Å². The van der Waals surface area contributed by atoms with Crippen LogP contribution in [0.1, 0.15) is 16.8 Å². The smallest absolute Gasteiger partial charge is 0.252 e. The van der Waals surface area contributed by atoms with Crippen LogP contribution >= 0.6 is 31.9 Å². The molecule has 0 aliphatic rings. The van der Waals surface area contributed by atoms with Gasteiger partial charge in [0.1, 0.15) is 0 Å². The van der Waals surface area contributed by atoms with Crippen molar-refractivity contribution in [3.05, 3.63) is 32.7 Å². The first-order chi connectivity index (χ1) is 7.15. The van der Waals surface area contributed by atoms with Crippen LogP contribution < -0.4 is 11.1 Å². The van der Waals surface area contributed by atoms with Gasteiger partial charge in [0.25, 0.3) is 5.91 Å². The van der Waals surface area contributed by atoms with Crippen molar-refractivity contribution in [3.63, 3.8) is 0 Å². The lowest BCUT2D eigenvalue weighted by Crippen LogP contribution is -2.26. The third kappa shape index (κ3) is 3.93. The van der Waals surface area contributed by atoms with Gasteiger partial charge < -0.3 is 11.1 Å². The number of carbonyl (C=O) groups excluding carboxylic acids is 1. The fourth-order valence-electron chi connectivity index (χ4n) is 1.07. The van der Waals surface area contributed by atoms with Crippen LogP contribution in [0.2, 0.25) is 0 Å². The van der Waals surface area contributed by atoms with E-state index >= 15 is 0 Å². The van der Waals surface area contributed by atoms with E-state index in [2.05, 4.69) is 37.2 Å². The highest BCUT2D eigenvalue weighted by molar-refractivity contribution is 9.11. The van der Waals surface area contributed by atoms with Crippen molar-refractivity contribution in [2.24, 2.45) is 5.73 Å². The minimum absolute atomic E-state index is 0.0807. The largest absolute Gasteiger partial charge is 0.352 e. The molecular formula is C10H12Br2N2O. The average Bonchev–Trinajstić information content (AvgIpc) is 2.17. The fraction of sp³-hybridized carbons (Fsp3) is 0.300. The zero-order valence-electron chi connectivity index (χ0n) is 8.09. The number of benzene rings is 1. The Kier molecular flexibility index (Phi) is 5.28. The van der Waals surface area contributed by atoms with Crippen LogP contribution in [0.3, 0.4) is 0 Å². The minimum atomic E-state index is -0.0807. The first-order valence-corrected chi connectivity index (χ1v) is 6.17. The summed E-state index contributed by atoms with van der Waals surface area (Å²) < 4.78 is 1.72. The van der Waals surface area contributed by atoms with Gasteiger partial charge in [0.05, 0.1) is 5.56 Å². The number of rotatable bonds is 4. The van der Waals surface area contributed by atoms with Gasteiger partial charge in [-0.15, -0.1) is 0 Å². The van der Waals surface area contributed by atoms with Crippen LogP contribution in [0.15, 0.2) is 27.1 Å². The molecule has 5 heteroatoms.